The molecule has 1 saturated heterocycles. The fraction of sp³-hybridized carbons (Fsp3) is 0.571. The SMILES string of the molecule is NCCC(c1ccc(Cl)cc1)N1CCCCC1. The van der Waals surface area contributed by atoms with Crippen LogP contribution in [0.25, 0.3) is 0 Å². The van der Waals surface area contributed by atoms with Crippen LogP contribution in [0.1, 0.15) is 37.3 Å². The van der Waals surface area contributed by atoms with Gasteiger partial charge >= 0.3 is 0 Å². The average Bonchev–Trinajstić information content (AvgIpc) is 2.38. The normalized spacial score (nSPS) is 19.2. The van der Waals surface area contributed by atoms with Crippen molar-refractivity contribution in [3.63, 3.8) is 0 Å². The maximum Gasteiger partial charge on any atom is 0.0406 e. The van der Waals surface area contributed by atoms with E-state index in [9.17, 15) is 0 Å². The minimum absolute atomic E-state index is 0.470. The summed E-state index contributed by atoms with van der Waals surface area (Å²) in [6, 6.07) is 8.70. The van der Waals surface area contributed by atoms with Gasteiger partial charge in [0.1, 0.15) is 0 Å². The molecule has 1 aliphatic heterocycles. The Balaban J connectivity index is 2.12. The van der Waals surface area contributed by atoms with Crippen molar-refractivity contribution in [3.05, 3.63) is 34.9 Å². The summed E-state index contributed by atoms with van der Waals surface area (Å²) in [6.07, 6.45) is 5.03. The molecule has 1 unspecified atom stereocenters. The molecule has 94 valence electrons. The van der Waals surface area contributed by atoms with Gasteiger partial charge in [-0.3, -0.25) is 4.90 Å². The van der Waals surface area contributed by atoms with Crippen LogP contribution in [0.2, 0.25) is 5.02 Å². The van der Waals surface area contributed by atoms with Gasteiger partial charge in [-0.2, -0.15) is 0 Å². The van der Waals surface area contributed by atoms with E-state index in [0.717, 1.165) is 18.0 Å². The Morgan fingerprint density at radius 3 is 2.35 bits per heavy atom. The van der Waals surface area contributed by atoms with Crippen LogP contribution in [-0.4, -0.2) is 24.5 Å². The molecule has 17 heavy (non-hydrogen) atoms. The maximum absolute atomic E-state index is 5.94. The van der Waals surface area contributed by atoms with Gasteiger partial charge in [0.2, 0.25) is 0 Å². The lowest BCUT2D eigenvalue weighted by atomic mass is 9.99. The van der Waals surface area contributed by atoms with Crippen LogP contribution in [-0.2, 0) is 0 Å². The quantitative estimate of drug-likeness (QED) is 0.892. The van der Waals surface area contributed by atoms with E-state index < -0.39 is 0 Å². The number of rotatable bonds is 4. The van der Waals surface area contributed by atoms with Gasteiger partial charge in [-0.1, -0.05) is 30.2 Å². The number of benzene rings is 1. The van der Waals surface area contributed by atoms with Gasteiger partial charge in [0, 0.05) is 11.1 Å². The summed E-state index contributed by atoms with van der Waals surface area (Å²) < 4.78 is 0. The predicted octanol–water partition coefficient (Wildman–Crippen LogP) is 3.22. The molecule has 1 aromatic rings. The highest BCUT2D eigenvalue weighted by molar-refractivity contribution is 6.30. The minimum atomic E-state index is 0.470. The first-order valence-electron chi connectivity index (χ1n) is 6.51. The summed E-state index contributed by atoms with van der Waals surface area (Å²) in [7, 11) is 0. The van der Waals surface area contributed by atoms with Crippen molar-refractivity contribution in [2.75, 3.05) is 19.6 Å². The summed E-state index contributed by atoms with van der Waals surface area (Å²) in [4.78, 5) is 2.57. The fourth-order valence-electron chi connectivity index (χ4n) is 2.63. The monoisotopic (exact) mass is 252 g/mol. The molecule has 0 spiro atoms. The number of hydrogen-bond donors (Lipinski definition) is 1. The second-order valence-electron chi connectivity index (χ2n) is 4.74. The van der Waals surface area contributed by atoms with Crippen LogP contribution >= 0.6 is 11.6 Å². The lowest BCUT2D eigenvalue weighted by Gasteiger charge is -2.34. The molecule has 1 aliphatic rings. The first kappa shape index (κ1) is 12.9. The highest BCUT2D eigenvalue weighted by atomic mass is 35.5. The molecule has 2 rings (SSSR count). The molecule has 0 saturated carbocycles. The highest BCUT2D eigenvalue weighted by Gasteiger charge is 2.21. The zero-order valence-electron chi connectivity index (χ0n) is 10.2. The van der Waals surface area contributed by atoms with E-state index in [1.807, 2.05) is 12.1 Å². The summed E-state index contributed by atoms with van der Waals surface area (Å²) in [5, 5.41) is 0.805. The van der Waals surface area contributed by atoms with Crippen molar-refractivity contribution in [2.24, 2.45) is 5.73 Å². The Labute approximate surface area is 109 Å². The van der Waals surface area contributed by atoms with Crippen LogP contribution in [0, 0.1) is 0 Å². The molecule has 0 aliphatic carbocycles. The van der Waals surface area contributed by atoms with Crippen LogP contribution in [0.3, 0.4) is 0 Å². The van der Waals surface area contributed by atoms with Gasteiger partial charge in [-0.25, -0.2) is 0 Å². The summed E-state index contributed by atoms with van der Waals surface area (Å²) in [5.41, 5.74) is 7.10. The Morgan fingerprint density at radius 2 is 1.76 bits per heavy atom. The van der Waals surface area contributed by atoms with E-state index in [-0.39, 0.29) is 0 Å². The van der Waals surface area contributed by atoms with E-state index in [1.165, 1.54) is 37.9 Å². The Bertz CT molecular complexity index is 331. The minimum Gasteiger partial charge on any atom is -0.330 e. The average molecular weight is 253 g/mol. The summed E-state index contributed by atoms with van der Waals surface area (Å²) in [5.74, 6) is 0. The molecule has 2 nitrogen and oxygen atoms in total. The molecule has 1 fully saturated rings. The smallest absolute Gasteiger partial charge is 0.0406 e. The third kappa shape index (κ3) is 3.44. The number of nitrogens with zero attached hydrogens (tertiary/aromatic N) is 1. The summed E-state index contributed by atoms with van der Waals surface area (Å²) in [6.45, 7) is 3.14. The molecule has 1 heterocycles. The standard InChI is InChI=1S/C14H21ClN2/c15-13-6-4-12(5-7-13)14(8-9-16)17-10-2-1-3-11-17/h4-7,14H,1-3,8-11,16H2. The number of nitrogens with two attached hydrogens (primary N) is 1. The first-order valence-corrected chi connectivity index (χ1v) is 6.88. The Kier molecular flexibility index (Phi) is 4.84. The van der Waals surface area contributed by atoms with Gasteiger partial charge in [0.05, 0.1) is 0 Å². The zero-order valence-corrected chi connectivity index (χ0v) is 11.0. The topological polar surface area (TPSA) is 29.3 Å². The zero-order chi connectivity index (χ0) is 12.1. The molecule has 0 aromatic heterocycles. The summed E-state index contributed by atoms with van der Waals surface area (Å²) >= 11 is 5.94. The van der Waals surface area contributed by atoms with Gasteiger partial charge in [0.15, 0.2) is 0 Å². The second-order valence-corrected chi connectivity index (χ2v) is 5.18. The number of halogens is 1. The van der Waals surface area contributed by atoms with Crippen LogP contribution < -0.4 is 5.73 Å². The third-order valence-electron chi connectivity index (χ3n) is 3.53. The third-order valence-corrected chi connectivity index (χ3v) is 3.78. The Hall–Kier alpha value is -0.570. The van der Waals surface area contributed by atoms with Crippen LogP contribution in [0.4, 0.5) is 0 Å². The molecule has 1 aromatic carbocycles. The number of piperidine rings is 1. The van der Waals surface area contributed by atoms with E-state index in [4.69, 9.17) is 17.3 Å². The second kappa shape index (κ2) is 6.39. The van der Waals surface area contributed by atoms with Crippen molar-refractivity contribution in [1.82, 2.24) is 4.90 Å². The van der Waals surface area contributed by atoms with E-state index in [2.05, 4.69) is 17.0 Å². The van der Waals surface area contributed by atoms with Crippen molar-refractivity contribution in [2.45, 2.75) is 31.7 Å². The lowest BCUT2D eigenvalue weighted by molar-refractivity contribution is 0.157. The van der Waals surface area contributed by atoms with Crippen molar-refractivity contribution < 1.29 is 0 Å². The van der Waals surface area contributed by atoms with E-state index in [1.54, 1.807) is 0 Å². The molecular weight excluding hydrogens is 232 g/mol. The predicted molar refractivity (Wildman–Crippen MR) is 73.3 cm³/mol. The fourth-order valence-corrected chi connectivity index (χ4v) is 2.76. The van der Waals surface area contributed by atoms with Crippen molar-refractivity contribution >= 4 is 11.6 Å². The van der Waals surface area contributed by atoms with Gasteiger partial charge < -0.3 is 5.73 Å². The molecule has 1 atom stereocenters. The van der Waals surface area contributed by atoms with E-state index >= 15 is 0 Å². The van der Waals surface area contributed by atoms with Crippen LogP contribution in [0.15, 0.2) is 24.3 Å². The molecule has 0 bridgehead atoms. The van der Waals surface area contributed by atoms with Crippen molar-refractivity contribution in [1.29, 1.82) is 0 Å². The van der Waals surface area contributed by atoms with Gasteiger partial charge in [0.25, 0.3) is 0 Å². The van der Waals surface area contributed by atoms with E-state index in [0.29, 0.717) is 6.04 Å². The number of hydrogen-bond acceptors (Lipinski definition) is 2. The maximum atomic E-state index is 5.94. The molecule has 2 N–H and O–H groups in total. The molecule has 0 amide bonds. The first-order chi connectivity index (χ1) is 8.31. The highest BCUT2D eigenvalue weighted by Crippen LogP contribution is 2.27. The Morgan fingerprint density at radius 1 is 1.12 bits per heavy atom. The van der Waals surface area contributed by atoms with Gasteiger partial charge in [-0.15, -0.1) is 0 Å². The van der Waals surface area contributed by atoms with Crippen molar-refractivity contribution in [3.8, 4) is 0 Å². The molecule has 0 radical (unpaired) electrons. The largest absolute Gasteiger partial charge is 0.330 e. The molecular formula is C14H21ClN2. The van der Waals surface area contributed by atoms with Crippen LogP contribution in [0.5, 0.6) is 0 Å². The lowest BCUT2D eigenvalue weighted by Crippen LogP contribution is -2.34. The number of likely N-dealkylation sites (tertiary alicyclic amines) is 1. The van der Waals surface area contributed by atoms with Gasteiger partial charge in [-0.05, 0) is 56.6 Å². The molecule has 3 heteroatoms.